The van der Waals surface area contributed by atoms with Crippen LogP contribution in [0.25, 0.3) is 0 Å². The molecule has 6 heteroatoms. The van der Waals surface area contributed by atoms with Crippen molar-refractivity contribution in [1.29, 1.82) is 0 Å². The summed E-state index contributed by atoms with van der Waals surface area (Å²) in [6.07, 6.45) is -0.0812. The number of benzene rings is 1. The van der Waals surface area contributed by atoms with E-state index in [0.717, 1.165) is 0 Å². The highest BCUT2D eigenvalue weighted by molar-refractivity contribution is 5.84. The molecular weight excluding hydrogens is 288 g/mol. The molecule has 1 rings (SSSR count). The predicted molar refractivity (Wildman–Crippen MR) is 80.2 cm³/mol. The van der Waals surface area contributed by atoms with Gasteiger partial charge in [0.1, 0.15) is 0 Å². The fourth-order valence-corrected chi connectivity index (χ4v) is 2.04. The van der Waals surface area contributed by atoms with Crippen molar-refractivity contribution in [3.05, 3.63) is 23.8 Å². The summed E-state index contributed by atoms with van der Waals surface area (Å²) in [5, 5.41) is 0. The van der Waals surface area contributed by atoms with E-state index < -0.39 is 17.9 Å². The normalized spacial score (nSPS) is 11.5. The summed E-state index contributed by atoms with van der Waals surface area (Å²) in [4.78, 5) is 23.9. The first-order valence-electron chi connectivity index (χ1n) is 7.11. The number of esters is 2. The molecule has 0 radical (unpaired) electrons. The zero-order chi connectivity index (χ0) is 16.5. The molecule has 0 bridgehead atoms. The summed E-state index contributed by atoms with van der Waals surface area (Å²) < 4.78 is 20.4. The average molecular weight is 310 g/mol. The van der Waals surface area contributed by atoms with E-state index in [4.69, 9.17) is 18.9 Å². The predicted octanol–water partition coefficient (Wildman–Crippen LogP) is 2.30. The maximum atomic E-state index is 12.1. The molecular formula is C16H22O6. The van der Waals surface area contributed by atoms with Crippen LogP contribution in [-0.4, -0.2) is 39.4 Å². The minimum Gasteiger partial charge on any atom is -0.493 e. The van der Waals surface area contributed by atoms with Gasteiger partial charge in [-0.05, 0) is 31.5 Å². The summed E-state index contributed by atoms with van der Waals surface area (Å²) in [6, 6.07) is 5.06. The van der Waals surface area contributed by atoms with E-state index in [9.17, 15) is 9.59 Å². The Hall–Kier alpha value is -2.24. The van der Waals surface area contributed by atoms with E-state index in [2.05, 4.69) is 0 Å². The molecule has 0 saturated heterocycles. The highest BCUT2D eigenvalue weighted by Crippen LogP contribution is 2.32. The lowest BCUT2D eigenvalue weighted by molar-refractivity contribution is -0.151. The molecule has 0 aromatic heterocycles. The van der Waals surface area contributed by atoms with Gasteiger partial charge < -0.3 is 18.9 Å². The highest BCUT2D eigenvalue weighted by Gasteiger charge is 2.27. The van der Waals surface area contributed by atoms with Crippen LogP contribution >= 0.6 is 0 Å². The maximum Gasteiger partial charge on any atom is 0.314 e. The maximum absolute atomic E-state index is 12.1. The van der Waals surface area contributed by atoms with E-state index in [1.807, 2.05) is 0 Å². The van der Waals surface area contributed by atoms with E-state index in [1.54, 1.807) is 32.0 Å². The van der Waals surface area contributed by atoms with Crippen LogP contribution in [0.1, 0.15) is 31.7 Å². The molecule has 22 heavy (non-hydrogen) atoms. The fraction of sp³-hybridized carbons (Fsp3) is 0.500. The van der Waals surface area contributed by atoms with Crippen LogP contribution in [0, 0.1) is 0 Å². The SMILES string of the molecule is CCOC(=O)C[C@H](C(=O)OCC)c1ccc(OC)c(OC)c1. The first kappa shape index (κ1) is 17.8. The Morgan fingerprint density at radius 2 is 1.64 bits per heavy atom. The molecule has 0 spiro atoms. The van der Waals surface area contributed by atoms with E-state index >= 15 is 0 Å². The largest absolute Gasteiger partial charge is 0.493 e. The minimum atomic E-state index is -0.737. The van der Waals surface area contributed by atoms with E-state index in [0.29, 0.717) is 17.1 Å². The van der Waals surface area contributed by atoms with Crippen LogP contribution in [0.5, 0.6) is 11.5 Å². The van der Waals surface area contributed by atoms with Crippen molar-refractivity contribution in [1.82, 2.24) is 0 Å². The second-order valence-corrected chi connectivity index (χ2v) is 4.43. The summed E-state index contributed by atoms with van der Waals surface area (Å²) in [6.45, 7) is 3.94. The van der Waals surface area contributed by atoms with Crippen molar-refractivity contribution in [2.24, 2.45) is 0 Å². The second kappa shape index (κ2) is 8.92. The van der Waals surface area contributed by atoms with Crippen molar-refractivity contribution >= 4 is 11.9 Å². The molecule has 0 aliphatic carbocycles. The van der Waals surface area contributed by atoms with Crippen LogP contribution in [-0.2, 0) is 19.1 Å². The Morgan fingerprint density at radius 3 is 2.18 bits per heavy atom. The Morgan fingerprint density at radius 1 is 1.00 bits per heavy atom. The molecule has 0 fully saturated rings. The smallest absolute Gasteiger partial charge is 0.314 e. The Labute approximate surface area is 130 Å². The van der Waals surface area contributed by atoms with Crippen molar-refractivity contribution in [3.63, 3.8) is 0 Å². The Bertz CT molecular complexity index is 511. The molecule has 0 N–H and O–H groups in total. The van der Waals surface area contributed by atoms with Gasteiger partial charge in [0.25, 0.3) is 0 Å². The third-order valence-corrected chi connectivity index (χ3v) is 3.06. The lowest BCUT2D eigenvalue weighted by atomic mass is 9.95. The van der Waals surface area contributed by atoms with Gasteiger partial charge in [-0.1, -0.05) is 6.07 Å². The topological polar surface area (TPSA) is 71.1 Å². The summed E-state index contributed by atoms with van der Waals surface area (Å²) in [5.74, 6) is -0.625. The monoisotopic (exact) mass is 310 g/mol. The first-order chi connectivity index (χ1) is 10.6. The van der Waals surface area contributed by atoms with Crippen molar-refractivity contribution < 1.29 is 28.5 Å². The quantitative estimate of drug-likeness (QED) is 0.686. The zero-order valence-corrected chi connectivity index (χ0v) is 13.4. The molecule has 6 nitrogen and oxygen atoms in total. The zero-order valence-electron chi connectivity index (χ0n) is 13.4. The van der Waals surface area contributed by atoms with Gasteiger partial charge in [-0.25, -0.2) is 0 Å². The minimum absolute atomic E-state index is 0.0812. The van der Waals surface area contributed by atoms with Crippen molar-refractivity contribution in [2.45, 2.75) is 26.2 Å². The van der Waals surface area contributed by atoms with Crippen LogP contribution < -0.4 is 9.47 Å². The highest BCUT2D eigenvalue weighted by atomic mass is 16.5. The summed E-state index contributed by atoms with van der Waals surface area (Å²) in [7, 11) is 3.03. The van der Waals surface area contributed by atoms with E-state index in [-0.39, 0.29) is 19.6 Å². The molecule has 0 aliphatic heterocycles. The number of methoxy groups -OCH3 is 2. The van der Waals surface area contributed by atoms with Crippen molar-refractivity contribution in [2.75, 3.05) is 27.4 Å². The van der Waals surface area contributed by atoms with E-state index in [1.165, 1.54) is 14.2 Å². The molecule has 0 unspecified atom stereocenters. The molecule has 1 atom stereocenters. The van der Waals surface area contributed by atoms with Crippen LogP contribution in [0.15, 0.2) is 18.2 Å². The van der Waals surface area contributed by atoms with Crippen LogP contribution in [0.4, 0.5) is 0 Å². The van der Waals surface area contributed by atoms with Gasteiger partial charge in [-0.3, -0.25) is 9.59 Å². The van der Waals surface area contributed by atoms with Gasteiger partial charge in [0, 0.05) is 0 Å². The Kier molecular flexibility index (Phi) is 7.22. The molecule has 0 amide bonds. The number of carbonyl (C=O) groups is 2. The average Bonchev–Trinajstić information content (AvgIpc) is 2.52. The molecule has 0 heterocycles. The fourth-order valence-electron chi connectivity index (χ4n) is 2.04. The van der Waals surface area contributed by atoms with Crippen molar-refractivity contribution in [3.8, 4) is 11.5 Å². The number of carbonyl (C=O) groups excluding carboxylic acids is 2. The third kappa shape index (κ3) is 4.65. The van der Waals surface area contributed by atoms with Gasteiger partial charge in [0.2, 0.25) is 0 Å². The number of hydrogen-bond donors (Lipinski definition) is 0. The standard InChI is InChI=1S/C16H22O6/c1-5-21-15(17)10-12(16(18)22-6-2)11-7-8-13(19-3)14(9-11)20-4/h7-9,12H,5-6,10H2,1-4H3/t12-/m0/s1. The lowest BCUT2D eigenvalue weighted by Gasteiger charge is -2.17. The van der Waals surface area contributed by atoms with Gasteiger partial charge in [0.15, 0.2) is 11.5 Å². The molecule has 1 aromatic rings. The summed E-state index contributed by atoms with van der Waals surface area (Å²) >= 11 is 0. The molecule has 1 aromatic carbocycles. The summed E-state index contributed by atoms with van der Waals surface area (Å²) in [5.41, 5.74) is 0.615. The van der Waals surface area contributed by atoms with Crippen LogP contribution in [0.3, 0.4) is 0 Å². The molecule has 0 aliphatic rings. The Balaban J connectivity index is 3.09. The second-order valence-electron chi connectivity index (χ2n) is 4.43. The number of rotatable bonds is 8. The third-order valence-electron chi connectivity index (χ3n) is 3.06. The lowest BCUT2D eigenvalue weighted by Crippen LogP contribution is -2.20. The van der Waals surface area contributed by atoms with Gasteiger partial charge in [-0.2, -0.15) is 0 Å². The number of hydrogen-bond acceptors (Lipinski definition) is 6. The molecule has 122 valence electrons. The van der Waals surface area contributed by atoms with Gasteiger partial charge in [-0.15, -0.1) is 0 Å². The van der Waals surface area contributed by atoms with Gasteiger partial charge in [0.05, 0.1) is 39.8 Å². The molecule has 0 saturated carbocycles. The van der Waals surface area contributed by atoms with Crippen LogP contribution in [0.2, 0.25) is 0 Å². The van der Waals surface area contributed by atoms with Gasteiger partial charge >= 0.3 is 11.9 Å². The number of ether oxygens (including phenoxy) is 4. The first-order valence-corrected chi connectivity index (χ1v) is 7.11.